The van der Waals surface area contributed by atoms with Crippen LogP contribution in [0, 0.1) is 6.92 Å². The van der Waals surface area contributed by atoms with Crippen LogP contribution in [-0.4, -0.2) is 60.6 Å². The first kappa shape index (κ1) is 16.0. The van der Waals surface area contributed by atoms with Gasteiger partial charge in [-0.3, -0.25) is 9.69 Å². The minimum atomic E-state index is 0.00216. The summed E-state index contributed by atoms with van der Waals surface area (Å²) in [5.74, 6) is 0.459. The van der Waals surface area contributed by atoms with Crippen LogP contribution in [0.3, 0.4) is 0 Å². The van der Waals surface area contributed by atoms with Gasteiger partial charge in [-0.2, -0.15) is 0 Å². The maximum atomic E-state index is 12.7. The topological polar surface area (TPSA) is 45.9 Å². The molecule has 5 nitrogen and oxygen atoms in total. The molecule has 0 radical (unpaired) electrons. The zero-order valence-electron chi connectivity index (χ0n) is 13.2. The van der Waals surface area contributed by atoms with Crippen molar-refractivity contribution in [2.75, 3.05) is 32.8 Å². The third-order valence-corrected chi connectivity index (χ3v) is 5.10. The van der Waals surface area contributed by atoms with Crippen LogP contribution in [-0.2, 0) is 4.74 Å². The second-order valence-electron chi connectivity index (χ2n) is 6.25. The fraction of sp³-hybridized carbons (Fsp3) is 0.688. The van der Waals surface area contributed by atoms with Crippen molar-refractivity contribution in [1.29, 1.82) is 0 Å². The van der Waals surface area contributed by atoms with Crippen LogP contribution in [0.1, 0.15) is 35.9 Å². The van der Waals surface area contributed by atoms with Crippen LogP contribution in [0.4, 0.5) is 0 Å². The van der Waals surface area contributed by atoms with Crippen molar-refractivity contribution in [1.82, 2.24) is 9.80 Å². The van der Waals surface area contributed by atoms with E-state index in [1.165, 1.54) is 0 Å². The molecule has 0 unspecified atom stereocenters. The molecule has 2 saturated heterocycles. The lowest BCUT2D eigenvalue weighted by atomic mass is 10.0. The molecule has 2 aliphatic heterocycles. The molecule has 3 rings (SSSR count). The summed E-state index contributed by atoms with van der Waals surface area (Å²) in [6.07, 6.45) is 2.20. The van der Waals surface area contributed by atoms with Gasteiger partial charge in [0, 0.05) is 50.5 Å². The largest absolute Gasteiger partial charge is 0.444 e. The van der Waals surface area contributed by atoms with Gasteiger partial charge in [-0.05, 0) is 48.7 Å². The number of aryl methyl sites for hydroxylation is 1. The maximum Gasteiger partial charge on any atom is 0.290 e. The highest BCUT2D eigenvalue weighted by Gasteiger charge is 2.33. The van der Waals surface area contributed by atoms with Gasteiger partial charge >= 0.3 is 0 Å². The number of hydrogen-bond donors (Lipinski definition) is 0. The van der Waals surface area contributed by atoms with Gasteiger partial charge in [-0.15, -0.1) is 0 Å². The summed E-state index contributed by atoms with van der Waals surface area (Å²) in [7, 11) is 0. The van der Waals surface area contributed by atoms with Crippen LogP contribution in [0.2, 0.25) is 0 Å². The highest BCUT2D eigenvalue weighted by atomic mass is 79.9. The zero-order valence-corrected chi connectivity index (χ0v) is 14.8. The SMILES string of the molecule is Cc1cc(Br)oc1C(=O)N1CCN(C2CCOCC2)C[C@@H]1C. The number of hydrogen-bond acceptors (Lipinski definition) is 4. The highest BCUT2D eigenvalue weighted by Crippen LogP contribution is 2.24. The van der Waals surface area contributed by atoms with Crippen molar-refractivity contribution < 1.29 is 13.9 Å². The fourth-order valence-electron chi connectivity index (χ4n) is 3.46. The standard InChI is InChI=1S/C16H23BrN2O3/c1-11-9-14(17)22-15(11)16(20)19-6-5-18(10-12(19)2)13-3-7-21-8-4-13/h9,12-13H,3-8,10H2,1-2H3/t12-/m0/s1. The molecule has 6 heteroatoms. The van der Waals surface area contributed by atoms with E-state index in [4.69, 9.17) is 9.15 Å². The molecule has 22 heavy (non-hydrogen) atoms. The van der Waals surface area contributed by atoms with E-state index in [9.17, 15) is 4.79 Å². The van der Waals surface area contributed by atoms with E-state index in [1.54, 1.807) is 0 Å². The molecular weight excluding hydrogens is 348 g/mol. The second kappa shape index (κ2) is 6.72. The number of nitrogens with zero attached hydrogens (tertiary/aromatic N) is 2. The van der Waals surface area contributed by atoms with Gasteiger partial charge in [0.15, 0.2) is 10.4 Å². The minimum absolute atomic E-state index is 0.00216. The molecule has 122 valence electrons. The average Bonchev–Trinajstić information content (AvgIpc) is 2.86. The third kappa shape index (κ3) is 3.24. The Kier molecular flexibility index (Phi) is 4.90. The first-order valence-electron chi connectivity index (χ1n) is 7.95. The molecule has 0 saturated carbocycles. The van der Waals surface area contributed by atoms with Gasteiger partial charge in [0.05, 0.1) is 0 Å². The average molecular weight is 371 g/mol. The molecule has 2 fully saturated rings. The quantitative estimate of drug-likeness (QED) is 0.802. The van der Waals surface area contributed by atoms with Crippen molar-refractivity contribution >= 4 is 21.8 Å². The van der Waals surface area contributed by atoms with E-state index in [2.05, 4.69) is 27.8 Å². The molecule has 3 heterocycles. The van der Waals surface area contributed by atoms with Crippen LogP contribution >= 0.6 is 15.9 Å². The Balaban J connectivity index is 1.65. The van der Waals surface area contributed by atoms with E-state index in [-0.39, 0.29) is 11.9 Å². The number of piperazine rings is 1. The Labute approximate surface area is 139 Å². The number of rotatable bonds is 2. The molecule has 1 atom stereocenters. The maximum absolute atomic E-state index is 12.7. The smallest absolute Gasteiger partial charge is 0.290 e. The first-order chi connectivity index (χ1) is 10.6. The summed E-state index contributed by atoms with van der Waals surface area (Å²) in [6.45, 7) is 8.37. The van der Waals surface area contributed by atoms with Crippen molar-refractivity contribution in [3.8, 4) is 0 Å². The lowest BCUT2D eigenvalue weighted by Crippen LogP contribution is -2.57. The van der Waals surface area contributed by atoms with E-state index in [0.29, 0.717) is 16.5 Å². The molecule has 0 aliphatic carbocycles. The van der Waals surface area contributed by atoms with E-state index in [0.717, 1.165) is 51.3 Å². The van der Waals surface area contributed by atoms with Crippen LogP contribution in [0.15, 0.2) is 15.2 Å². The third-order valence-electron chi connectivity index (χ3n) is 4.71. The van der Waals surface area contributed by atoms with Crippen molar-refractivity contribution in [3.63, 3.8) is 0 Å². The Morgan fingerprint density at radius 1 is 1.32 bits per heavy atom. The number of halogens is 1. The number of carbonyl (C=O) groups is 1. The summed E-state index contributed by atoms with van der Waals surface area (Å²) in [6, 6.07) is 2.65. The Morgan fingerprint density at radius 2 is 2.05 bits per heavy atom. The summed E-state index contributed by atoms with van der Waals surface area (Å²) in [5.41, 5.74) is 0.885. The molecule has 0 N–H and O–H groups in total. The van der Waals surface area contributed by atoms with Crippen LogP contribution in [0.25, 0.3) is 0 Å². The fourth-order valence-corrected chi connectivity index (χ4v) is 3.96. The number of amides is 1. The minimum Gasteiger partial charge on any atom is -0.444 e. The Morgan fingerprint density at radius 3 is 2.64 bits per heavy atom. The van der Waals surface area contributed by atoms with Crippen LogP contribution in [0.5, 0.6) is 0 Å². The van der Waals surface area contributed by atoms with E-state index in [1.807, 2.05) is 17.9 Å². The number of ether oxygens (including phenoxy) is 1. The van der Waals surface area contributed by atoms with Gasteiger partial charge in [0.25, 0.3) is 5.91 Å². The molecule has 0 bridgehead atoms. The summed E-state index contributed by atoms with van der Waals surface area (Å²) >= 11 is 3.29. The van der Waals surface area contributed by atoms with Gasteiger partial charge in [-0.25, -0.2) is 0 Å². The molecule has 1 aromatic rings. The van der Waals surface area contributed by atoms with Crippen molar-refractivity contribution in [2.24, 2.45) is 0 Å². The lowest BCUT2D eigenvalue weighted by Gasteiger charge is -2.44. The summed E-state index contributed by atoms with van der Waals surface area (Å²) < 4.78 is 11.6. The molecule has 0 aromatic carbocycles. The Hall–Kier alpha value is -0.850. The van der Waals surface area contributed by atoms with Crippen molar-refractivity contribution in [2.45, 2.75) is 38.8 Å². The Bertz CT molecular complexity index is 539. The monoisotopic (exact) mass is 370 g/mol. The predicted octanol–water partition coefficient (Wildman–Crippen LogP) is 2.68. The molecular formula is C16H23BrN2O3. The normalized spacial score (nSPS) is 24.7. The highest BCUT2D eigenvalue weighted by molar-refractivity contribution is 9.10. The van der Waals surface area contributed by atoms with Gasteiger partial charge in [-0.1, -0.05) is 0 Å². The van der Waals surface area contributed by atoms with Crippen molar-refractivity contribution in [3.05, 3.63) is 22.1 Å². The summed E-state index contributed by atoms with van der Waals surface area (Å²) in [5, 5.41) is 0. The predicted molar refractivity (Wildman–Crippen MR) is 87.1 cm³/mol. The number of furan rings is 1. The second-order valence-corrected chi connectivity index (χ2v) is 7.03. The van der Waals surface area contributed by atoms with E-state index >= 15 is 0 Å². The van der Waals surface area contributed by atoms with Gasteiger partial charge < -0.3 is 14.1 Å². The number of carbonyl (C=O) groups excluding carboxylic acids is 1. The van der Waals surface area contributed by atoms with Crippen LogP contribution < -0.4 is 0 Å². The molecule has 1 amide bonds. The molecule has 0 spiro atoms. The molecule has 1 aromatic heterocycles. The molecule has 2 aliphatic rings. The lowest BCUT2D eigenvalue weighted by molar-refractivity contribution is -0.000176. The summed E-state index contributed by atoms with van der Waals surface area (Å²) in [4.78, 5) is 17.2. The van der Waals surface area contributed by atoms with Gasteiger partial charge in [0.2, 0.25) is 0 Å². The zero-order chi connectivity index (χ0) is 15.7. The van der Waals surface area contributed by atoms with E-state index < -0.39 is 0 Å². The first-order valence-corrected chi connectivity index (χ1v) is 8.74. The van der Waals surface area contributed by atoms with Gasteiger partial charge in [0.1, 0.15) is 0 Å².